The zero-order valence-electron chi connectivity index (χ0n) is 17.7. The number of aromatic nitrogens is 4. The van der Waals surface area contributed by atoms with Crippen molar-refractivity contribution < 1.29 is 4.74 Å². The van der Waals surface area contributed by atoms with Crippen LogP contribution in [0.5, 0.6) is 5.75 Å². The number of imidazole rings is 1. The van der Waals surface area contributed by atoms with Gasteiger partial charge in [-0.05, 0) is 54.4 Å². The van der Waals surface area contributed by atoms with E-state index >= 15 is 0 Å². The SMILES string of the molecule is COc1ccc(/C(C)=N\Nc2nc3c(c(=O)[nH]c(=O)n3C)n2Cc2ccc(Cl)cc2)cc1. The molecule has 2 aromatic heterocycles. The minimum Gasteiger partial charge on any atom is -0.497 e. The van der Waals surface area contributed by atoms with Crippen molar-refractivity contribution in [3.8, 4) is 5.75 Å². The molecule has 2 aromatic carbocycles. The zero-order chi connectivity index (χ0) is 22.8. The Morgan fingerprint density at radius 3 is 2.50 bits per heavy atom. The Bertz CT molecular complexity index is 1420. The van der Waals surface area contributed by atoms with Crippen LogP contribution in [0.25, 0.3) is 11.2 Å². The maximum atomic E-state index is 12.6. The number of ether oxygens (including phenoxy) is 1. The van der Waals surface area contributed by atoms with Crippen LogP contribution < -0.4 is 21.4 Å². The Hall–Kier alpha value is -3.85. The second-order valence-corrected chi connectivity index (χ2v) is 7.61. The number of hydrazone groups is 1. The fourth-order valence-electron chi connectivity index (χ4n) is 3.28. The number of rotatable bonds is 6. The molecule has 0 saturated carbocycles. The molecule has 4 rings (SSSR count). The minimum atomic E-state index is -0.539. The molecule has 32 heavy (non-hydrogen) atoms. The summed E-state index contributed by atoms with van der Waals surface area (Å²) >= 11 is 5.99. The Morgan fingerprint density at radius 1 is 1.16 bits per heavy atom. The summed E-state index contributed by atoms with van der Waals surface area (Å²) in [5.41, 5.74) is 4.92. The molecule has 0 atom stereocenters. The van der Waals surface area contributed by atoms with Gasteiger partial charge in [0.15, 0.2) is 11.2 Å². The second-order valence-electron chi connectivity index (χ2n) is 7.18. The van der Waals surface area contributed by atoms with Crippen LogP contribution in [-0.2, 0) is 13.6 Å². The first-order chi connectivity index (χ1) is 15.4. The molecule has 0 spiro atoms. The smallest absolute Gasteiger partial charge is 0.329 e. The number of H-pyrrole nitrogens is 1. The standard InChI is InChI=1S/C22H21ClN6O3/c1-13(15-6-10-17(32-3)11-7-15)26-27-21-24-19-18(20(30)25-22(31)28(19)2)29(21)12-14-4-8-16(23)9-5-14/h4-11H,12H2,1-3H3,(H,24,27)(H,25,30,31)/b26-13-. The van der Waals surface area contributed by atoms with Crippen molar-refractivity contribution in [1.29, 1.82) is 0 Å². The number of methoxy groups -OCH3 is 1. The highest BCUT2D eigenvalue weighted by atomic mass is 35.5. The molecule has 0 fully saturated rings. The van der Waals surface area contributed by atoms with E-state index in [1.165, 1.54) is 4.57 Å². The molecular weight excluding hydrogens is 432 g/mol. The number of aromatic amines is 1. The van der Waals surface area contributed by atoms with E-state index in [-0.39, 0.29) is 11.2 Å². The van der Waals surface area contributed by atoms with Gasteiger partial charge in [0.2, 0.25) is 5.95 Å². The van der Waals surface area contributed by atoms with E-state index < -0.39 is 11.2 Å². The summed E-state index contributed by atoms with van der Waals surface area (Å²) < 4.78 is 8.16. The van der Waals surface area contributed by atoms with Crippen LogP contribution in [0.4, 0.5) is 5.95 Å². The number of anilines is 1. The van der Waals surface area contributed by atoms with Gasteiger partial charge in [-0.1, -0.05) is 23.7 Å². The molecule has 0 amide bonds. The predicted molar refractivity (Wildman–Crippen MR) is 125 cm³/mol. The molecule has 0 aliphatic carbocycles. The second kappa shape index (κ2) is 8.72. The molecule has 0 bridgehead atoms. The van der Waals surface area contributed by atoms with E-state index in [0.717, 1.165) is 16.9 Å². The Morgan fingerprint density at radius 2 is 1.84 bits per heavy atom. The van der Waals surface area contributed by atoms with Gasteiger partial charge in [-0.15, -0.1) is 0 Å². The maximum Gasteiger partial charge on any atom is 0.329 e. The van der Waals surface area contributed by atoms with Gasteiger partial charge in [-0.3, -0.25) is 18.9 Å². The Balaban J connectivity index is 1.77. The van der Waals surface area contributed by atoms with E-state index in [4.69, 9.17) is 16.3 Å². The quantitative estimate of drug-likeness (QED) is 0.345. The molecule has 0 radical (unpaired) electrons. The van der Waals surface area contributed by atoms with E-state index in [1.54, 1.807) is 30.9 Å². The molecular formula is C22H21ClN6O3. The van der Waals surface area contributed by atoms with E-state index in [1.807, 2.05) is 43.3 Å². The summed E-state index contributed by atoms with van der Waals surface area (Å²) in [5.74, 6) is 1.08. The normalized spacial score (nSPS) is 11.7. The molecule has 2 N–H and O–H groups in total. The summed E-state index contributed by atoms with van der Waals surface area (Å²) in [6.07, 6.45) is 0. The topological polar surface area (TPSA) is 106 Å². The summed E-state index contributed by atoms with van der Waals surface area (Å²) in [4.78, 5) is 31.5. The monoisotopic (exact) mass is 452 g/mol. The number of nitrogens with zero attached hydrogens (tertiary/aromatic N) is 4. The highest BCUT2D eigenvalue weighted by Crippen LogP contribution is 2.19. The largest absolute Gasteiger partial charge is 0.497 e. The molecule has 4 aromatic rings. The third kappa shape index (κ3) is 4.15. The summed E-state index contributed by atoms with van der Waals surface area (Å²) in [7, 11) is 3.16. The van der Waals surface area contributed by atoms with Crippen molar-refractivity contribution in [2.75, 3.05) is 12.5 Å². The highest BCUT2D eigenvalue weighted by Gasteiger charge is 2.17. The average Bonchev–Trinajstić information content (AvgIpc) is 3.16. The van der Waals surface area contributed by atoms with Gasteiger partial charge in [0.1, 0.15) is 5.75 Å². The maximum absolute atomic E-state index is 12.6. The lowest BCUT2D eigenvalue weighted by molar-refractivity contribution is 0.415. The number of nitrogens with one attached hydrogen (secondary N) is 2. The Labute approximate surface area is 187 Å². The van der Waals surface area contributed by atoms with E-state index in [2.05, 4.69) is 20.5 Å². The number of halogens is 1. The first kappa shape index (κ1) is 21.4. The van der Waals surface area contributed by atoms with Crippen LogP contribution in [0, 0.1) is 0 Å². The molecule has 10 heteroatoms. The molecule has 0 saturated heterocycles. The van der Waals surface area contributed by atoms with Crippen LogP contribution in [0.1, 0.15) is 18.1 Å². The van der Waals surface area contributed by atoms with E-state index in [0.29, 0.717) is 23.2 Å². The summed E-state index contributed by atoms with van der Waals surface area (Å²) in [5, 5.41) is 5.05. The fraction of sp³-hybridized carbons (Fsp3) is 0.182. The van der Waals surface area contributed by atoms with Crippen LogP contribution in [-0.4, -0.2) is 31.9 Å². The van der Waals surface area contributed by atoms with Crippen molar-refractivity contribution in [3.63, 3.8) is 0 Å². The molecule has 0 aliphatic heterocycles. The summed E-state index contributed by atoms with van der Waals surface area (Å²) in [6, 6.07) is 14.7. The zero-order valence-corrected chi connectivity index (χ0v) is 18.5. The van der Waals surface area contributed by atoms with Crippen LogP contribution in [0.3, 0.4) is 0 Å². The average molecular weight is 453 g/mol. The first-order valence-electron chi connectivity index (χ1n) is 9.76. The number of benzene rings is 2. The number of hydrogen-bond donors (Lipinski definition) is 2. The molecule has 2 heterocycles. The van der Waals surface area contributed by atoms with Gasteiger partial charge >= 0.3 is 5.69 Å². The summed E-state index contributed by atoms with van der Waals surface area (Å²) in [6.45, 7) is 2.18. The van der Waals surface area contributed by atoms with Gasteiger partial charge < -0.3 is 4.74 Å². The van der Waals surface area contributed by atoms with Gasteiger partial charge in [0, 0.05) is 12.1 Å². The fourth-order valence-corrected chi connectivity index (χ4v) is 3.40. The lowest BCUT2D eigenvalue weighted by Gasteiger charge is -2.09. The molecule has 164 valence electrons. The van der Waals surface area contributed by atoms with Crippen molar-refractivity contribution in [3.05, 3.63) is 85.5 Å². The van der Waals surface area contributed by atoms with Gasteiger partial charge in [-0.2, -0.15) is 10.1 Å². The molecule has 0 aliphatic rings. The molecule has 0 unspecified atom stereocenters. The number of hydrogen-bond acceptors (Lipinski definition) is 6. The van der Waals surface area contributed by atoms with Crippen molar-refractivity contribution in [2.45, 2.75) is 13.5 Å². The first-order valence-corrected chi connectivity index (χ1v) is 10.1. The third-order valence-electron chi connectivity index (χ3n) is 5.09. The highest BCUT2D eigenvalue weighted by molar-refractivity contribution is 6.30. The van der Waals surface area contributed by atoms with Crippen molar-refractivity contribution in [2.24, 2.45) is 12.1 Å². The lowest BCUT2D eigenvalue weighted by atomic mass is 10.1. The van der Waals surface area contributed by atoms with Gasteiger partial charge in [0.05, 0.1) is 19.4 Å². The number of aryl methyl sites for hydroxylation is 1. The Kier molecular flexibility index (Phi) is 5.83. The van der Waals surface area contributed by atoms with E-state index in [9.17, 15) is 9.59 Å². The van der Waals surface area contributed by atoms with Crippen LogP contribution in [0.2, 0.25) is 5.02 Å². The molecule has 9 nitrogen and oxygen atoms in total. The van der Waals surface area contributed by atoms with Gasteiger partial charge in [-0.25, -0.2) is 10.2 Å². The minimum absolute atomic E-state index is 0.257. The predicted octanol–water partition coefficient (Wildman–Crippen LogP) is 2.97. The van der Waals surface area contributed by atoms with Crippen molar-refractivity contribution in [1.82, 2.24) is 19.1 Å². The lowest BCUT2D eigenvalue weighted by Crippen LogP contribution is -2.29. The van der Waals surface area contributed by atoms with Crippen molar-refractivity contribution >= 4 is 34.4 Å². The van der Waals surface area contributed by atoms with Crippen LogP contribution >= 0.6 is 11.6 Å². The number of fused-ring (bicyclic) bond motifs is 1. The van der Waals surface area contributed by atoms with Gasteiger partial charge in [0.25, 0.3) is 5.56 Å². The van der Waals surface area contributed by atoms with Crippen LogP contribution in [0.15, 0.2) is 63.2 Å². The third-order valence-corrected chi connectivity index (χ3v) is 5.34.